The normalized spacial score (nSPS) is 25.1. The van der Waals surface area contributed by atoms with Crippen molar-refractivity contribution in [1.29, 1.82) is 0 Å². The Morgan fingerprint density at radius 3 is 2.31 bits per heavy atom. The Morgan fingerprint density at radius 2 is 1.69 bits per heavy atom. The predicted molar refractivity (Wildman–Crippen MR) is 68.3 cm³/mol. The highest BCUT2D eigenvalue weighted by Gasteiger charge is 2.24. The molecular weight excluding hydrogens is 196 g/mol. The number of likely N-dealkylation sites (tertiary alicyclic amines) is 2. The Labute approximate surface area is 100.0 Å². The van der Waals surface area contributed by atoms with Crippen LogP contribution in [-0.2, 0) is 0 Å². The Hall–Kier alpha value is -0.520. The van der Waals surface area contributed by atoms with Gasteiger partial charge in [0.15, 0.2) is 0 Å². The first-order valence-corrected chi connectivity index (χ1v) is 6.76. The molecule has 0 aliphatic carbocycles. The van der Waals surface area contributed by atoms with Crippen molar-refractivity contribution in [2.24, 2.45) is 0 Å². The van der Waals surface area contributed by atoms with E-state index in [9.17, 15) is 0 Å². The maximum Gasteiger partial charge on any atom is 0.0601 e. The molecule has 2 heteroatoms. The van der Waals surface area contributed by atoms with E-state index >= 15 is 0 Å². The highest BCUT2D eigenvalue weighted by Crippen LogP contribution is 2.20. The van der Waals surface area contributed by atoms with Gasteiger partial charge in [0.1, 0.15) is 0 Å². The second-order valence-electron chi connectivity index (χ2n) is 5.03. The molecule has 2 heterocycles. The second-order valence-corrected chi connectivity index (χ2v) is 5.03. The Bertz CT molecular complexity index is 250. The molecule has 0 saturated carbocycles. The minimum atomic E-state index is 0.867. The summed E-state index contributed by atoms with van der Waals surface area (Å²) in [5, 5.41) is 0. The van der Waals surface area contributed by atoms with Gasteiger partial charge in [-0.05, 0) is 45.7 Å². The van der Waals surface area contributed by atoms with Gasteiger partial charge in [-0.15, -0.1) is 5.92 Å². The third-order valence-corrected chi connectivity index (χ3v) is 3.94. The van der Waals surface area contributed by atoms with Crippen LogP contribution in [0.1, 0.15) is 39.0 Å². The predicted octanol–water partition coefficient (Wildman–Crippen LogP) is 1.96. The van der Waals surface area contributed by atoms with Gasteiger partial charge < -0.3 is 4.90 Å². The number of hydrogen-bond donors (Lipinski definition) is 0. The molecular formula is C14H24N2. The Kier molecular flexibility index (Phi) is 4.69. The van der Waals surface area contributed by atoms with Crippen LogP contribution in [0.5, 0.6) is 0 Å². The van der Waals surface area contributed by atoms with Crippen LogP contribution in [-0.4, -0.2) is 48.6 Å². The monoisotopic (exact) mass is 220 g/mol. The van der Waals surface area contributed by atoms with Gasteiger partial charge >= 0.3 is 0 Å². The maximum atomic E-state index is 3.17. The fraction of sp³-hybridized carbons (Fsp3) is 0.857. The molecule has 16 heavy (non-hydrogen) atoms. The van der Waals surface area contributed by atoms with Gasteiger partial charge in [-0.1, -0.05) is 12.3 Å². The van der Waals surface area contributed by atoms with E-state index in [-0.39, 0.29) is 0 Å². The summed E-state index contributed by atoms with van der Waals surface area (Å²) >= 11 is 0. The van der Waals surface area contributed by atoms with Crippen molar-refractivity contribution >= 4 is 0 Å². The van der Waals surface area contributed by atoms with Gasteiger partial charge in [-0.3, -0.25) is 4.90 Å². The SMILES string of the molecule is CC#CCN1CCC(N2CCCCC2)CC1. The number of piperidine rings is 2. The zero-order chi connectivity index (χ0) is 11.2. The molecule has 0 aromatic rings. The van der Waals surface area contributed by atoms with E-state index in [2.05, 4.69) is 21.6 Å². The first kappa shape index (κ1) is 12.0. The molecule has 0 unspecified atom stereocenters. The lowest BCUT2D eigenvalue weighted by Gasteiger charge is -2.39. The lowest BCUT2D eigenvalue weighted by Crippen LogP contribution is -2.46. The highest BCUT2D eigenvalue weighted by atomic mass is 15.2. The average molecular weight is 220 g/mol. The van der Waals surface area contributed by atoms with Crippen LogP contribution in [0.3, 0.4) is 0 Å². The molecule has 90 valence electrons. The van der Waals surface area contributed by atoms with Crippen molar-refractivity contribution in [2.75, 3.05) is 32.7 Å². The fourth-order valence-corrected chi connectivity index (χ4v) is 2.92. The van der Waals surface area contributed by atoms with E-state index in [0.29, 0.717) is 0 Å². The molecule has 2 aliphatic heterocycles. The minimum Gasteiger partial charge on any atom is -0.300 e. The highest BCUT2D eigenvalue weighted by molar-refractivity contribution is 4.98. The van der Waals surface area contributed by atoms with Gasteiger partial charge in [0.2, 0.25) is 0 Å². The van der Waals surface area contributed by atoms with E-state index < -0.39 is 0 Å². The summed E-state index contributed by atoms with van der Waals surface area (Å²) in [6.07, 6.45) is 6.99. The van der Waals surface area contributed by atoms with E-state index in [1.807, 2.05) is 6.92 Å². The van der Waals surface area contributed by atoms with Crippen molar-refractivity contribution < 1.29 is 0 Å². The van der Waals surface area contributed by atoms with E-state index in [1.165, 1.54) is 58.3 Å². The van der Waals surface area contributed by atoms with Crippen LogP contribution in [0, 0.1) is 11.8 Å². The van der Waals surface area contributed by atoms with Crippen LogP contribution < -0.4 is 0 Å². The maximum absolute atomic E-state index is 3.17. The van der Waals surface area contributed by atoms with Gasteiger partial charge in [-0.2, -0.15) is 0 Å². The second kappa shape index (κ2) is 6.27. The molecule has 2 rings (SSSR count). The summed E-state index contributed by atoms with van der Waals surface area (Å²) in [6.45, 7) is 8.09. The Morgan fingerprint density at radius 1 is 1.00 bits per heavy atom. The van der Waals surface area contributed by atoms with Crippen LogP contribution in [0.4, 0.5) is 0 Å². The molecule has 2 fully saturated rings. The van der Waals surface area contributed by atoms with Crippen LogP contribution >= 0.6 is 0 Å². The van der Waals surface area contributed by atoms with E-state index in [1.54, 1.807) is 0 Å². The third kappa shape index (κ3) is 3.23. The van der Waals surface area contributed by atoms with Crippen molar-refractivity contribution in [1.82, 2.24) is 9.80 Å². The van der Waals surface area contributed by atoms with Crippen LogP contribution in [0.25, 0.3) is 0 Å². The zero-order valence-corrected chi connectivity index (χ0v) is 10.5. The summed E-state index contributed by atoms with van der Waals surface area (Å²) in [5.74, 6) is 6.16. The molecule has 0 N–H and O–H groups in total. The molecule has 0 aromatic heterocycles. The van der Waals surface area contributed by atoms with E-state index in [0.717, 1.165) is 12.6 Å². The molecule has 0 aromatic carbocycles. The van der Waals surface area contributed by atoms with Gasteiger partial charge in [0, 0.05) is 19.1 Å². The molecule has 2 saturated heterocycles. The molecule has 0 atom stereocenters. The largest absolute Gasteiger partial charge is 0.300 e. The summed E-state index contributed by atoms with van der Waals surface area (Å²) in [4.78, 5) is 5.23. The summed E-state index contributed by atoms with van der Waals surface area (Å²) in [7, 11) is 0. The van der Waals surface area contributed by atoms with Crippen molar-refractivity contribution in [3.8, 4) is 11.8 Å². The van der Waals surface area contributed by atoms with Gasteiger partial charge in [-0.25, -0.2) is 0 Å². The number of nitrogens with zero attached hydrogens (tertiary/aromatic N) is 2. The first-order valence-electron chi connectivity index (χ1n) is 6.76. The zero-order valence-electron chi connectivity index (χ0n) is 10.5. The lowest BCUT2D eigenvalue weighted by molar-refractivity contribution is 0.0981. The molecule has 0 radical (unpaired) electrons. The summed E-state index contributed by atoms with van der Waals surface area (Å²) in [5.41, 5.74) is 0. The third-order valence-electron chi connectivity index (χ3n) is 3.94. The molecule has 2 aliphatic rings. The standard InChI is InChI=1S/C14H24N2/c1-2-3-9-15-12-7-14(8-13-15)16-10-5-4-6-11-16/h14H,4-13H2,1H3. The van der Waals surface area contributed by atoms with Crippen LogP contribution in [0.15, 0.2) is 0 Å². The number of rotatable bonds is 2. The summed E-state index contributed by atoms with van der Waals surface area (Å²) < 4.78 is 0. The van der Waals surface area contributed by atoms with Gasteiger partial charge in [0.25, 0.3) is 0 Å². The number of hydrogen-bond acceptors (Lipinski definition) is 2. The van der Waals surface area contributed by atoms with Gasteiger partial charge in [0.05, 0.1) is 6.54 Å². The Balaban J connectivity index is 1.73. The quantitative estimate of drug-likeness (QED) is 0.656. The molecule has 0 spiro atoms. The van der Waals surface area contributed by atoms with Crippen molar-refractivity contribution in [2.45, 2.75) is 45.1 Å². The molecule has 2 nitrogen and oxygen atoms in total. The smallest absolute Gasteiger partial charge is 0.0601 e. The summed E-state index contributed by atoms with van der Waals surface area (Å²) in [6, 6.07) is 0.867. The van der Waals surface area contributed by atoms with Crippen LogP contribution in [0.2, 0.25) is 0 Å². The average Bonchev–Trinajstić information content (AvgIpc) is 2.38. The topological polar surface area (TPSA) is 6.48 Å². The molecule has 0 bridgehead atoms. The van der Waals surface area contributed by atoms with Crippen molar-refractivity contribution in [3.05, 3.63) is 0 Å². The van der Waals surface area contributed by atoms with E-state index in [4.69, 9.17) is 0 Å². The first-order chi connectivity index (χ1) is 7.90. The molecule has 0 amide bonds. The van der Waals surface area contributed by atoms with Crippen molar-refractivity contribution in [3.63, 3.8) is 0 Å². The fourth-order valence-electron chi connectivity index (χ4n) is 2.92. The lowest BCUT2D eigenvalue weighted by atomic mass is 10.00. The minimum absolute atomic E-state index is 0.867.